The molecule has 2 aromatic heterocycles. The minimum atomic E-state index is 0.109. The number of aromatic amines is 1. The van der Waals surface area contributed by atoms with E-state index >= 15 is 0 Å². The van der Waals surface area contributed by atoms with Crippen LogP contribution in [0.15, 0.2) is 18.5 Å². The number of amides is 1. The monoisotopic (exact) mass is 369 g/mol. The van der Waals surface area contributed by atoms with Crippen molar-refractivity contribution in [3.63, 3.8) is 0 Å². The highest BCUT2D eigenvalue weighted by Gasteiger charge is 2.36. The molecule has 0 aromatic carbocycles. The number of carbonyl (C=O) groups excluding carboxylic acids is 1. The van der Waals surface area contributed by atoms with E-state index in [2.05, 4.69) is 46.7 Å². The van der Waals surface area contributed by atoms with E-state index in [1.165, 1.54) is 32.2 Å². The number of H-pyrrole nitrogens is 1. The van der Waals surface area contributed by atoms with Gasteiger partial charge in [-0.05, 0) is 58.2 Å². The second kappa shape index (κ2) is 7.50. The predicted molar refractivity (Wildman–Crippen MR) is 109 cm³/mol. The van der Waals surface area contributed by atoms with Crippen molar-refractivity contribution in [3.05, 3.63) is 24.0 Å². The minimum absolute atomic E-state index is 0.109. The fourth-order valence-electron chi connectivity index (χ4n) is 4.70. The fraction of sp³-hybridized carbons (Fsp3) is 0.619. The van der Waals surface area contributed by atoms with Gasteiger partial charge in [0.15, 0.2) is 0 Å². The summed E-state index contributed by atoms with van der Waals surface area (Å²) in [6.07, 6.45) is 8.60. The van der Waals surface area contributed by atoms with E-state index < -0.39 is 0 Å². The topological polar surface area (TPSA) is 55.5 Å². The van der Waals surface area contributed by atoms with E-state index in [1.807, 2.05) is 11.1 Å². The van der Waals surface area contributed by atoms with Crippen molar-refractivity contribution in [2.45, 2.75) is 45.6 Å². The van der Waals surface area contributed by atoms with Crippen LogP contribution in [0.25, 0.3) is 11.0 Å². The second-order valence-electron chi connectivity index (χ2n) is 8.06. The molecular formula is C21H31N5O. The highest BCUT2D eigenvalue weighted by atomic mass is 16.2. The molecule has 27 heavy (non-hydrogen) atoms. The molecular weight excluding hydrogens is 338 g/mol. The molecule has 6 heteroatoms. The van der Waals surface area contributed by atoms with E-state index in [1.54, 1.807) is 6.20 Å². The zero-order valence-corrected chi connectivity index (χ0v) is 16.7. The van der Waals surface area contributed by atoms with Crippen LogP contribution in [-0.2, 0) is 0 Å². The molecule has 2 aliphatic rings. The normalized spacial score (nSPS) is 23.3. The van der Waals surface area contributed by atoms with Crippen LogP contribution < -0.4 is 4.90 Å². The number of nitrogens with one attached hydrogen (secondary N) is 1. The van der Waals surface area contributed by atoms with Gasteiger partial charge in [0.25, 0.3) is 5.91 Å². The van der Waals surface area contributed by atoms with Crippen LogP contribution in [0.5, 0.6) is 0 Å². The molecule has 4 rings (SSSR count). The summed E-state index contributed by atoms with van der Waals surface area (Å²) in [4.78, 5) is 27.4. The maximum Gasteiger partial charge on any atom is 0.258 e. The van der Waals surface area contributed by atoms with Crippen LogP contribution in [0.1, 0.15) is 49.9 Å². The Morgan fingerprint density at radius 2 is 2.04 bits per heavy atom. The Labute approximate surface area is 161 Å². The van der Waals surface area contributed by atoms with Gasteiger partial charge in [-0.2, -0.15) is 0 Å². The molecule has 2 aromatic rings. The van der Waals surface area contributed by atoms with E-state index in [0.717, 1.165) is 41.3 Å². The SMILES string of the molecule is CCN(C)C[C@H]1CC[C@H](N2CN(CC)C(=O)c3cnc4[nH]ccc4c32)CC1. The molecule has 0 radical (unpaired) electrons. The first kappa shape index (κ1) is 18.3. The van der Waals surface area contributed by atoms with Gasteiger partial charge in [0, 0.05) is 36.9 Å². The van der Waals surface area contributed by atoms with Crippen LogP contribution in [0, 0.1) is 5.92 Å². The average Bonchev–Trinajstić information content (AvgIpc) is 3.18. The number of hydrogen-bond acceptors (Lipinski definition) is 4. The number of aromatic nitrogens is 2. The molecule has 1 saturated carbocycles. The standard InChI is InChI=1S/C21H31N5O/c1-4-24(3)13-15-6-8-16(9-7-15)26-14-25(5-2)21(27)18-12-23-20-17(19(18)26)10-11-22-20/h10-12,15-16H,4-9,13-14H2,1-3H3,(H,22,23)/t15-,16-. The quantitative estimate of drug-likeness (QED) is 0.878. The second-order valence-corrected chi connectivity index (χ2v) is 8.06. The Bertz CT molecular complexity index is 808. The molecule has 1 amide bonds. The highest BCUT2D eigenvalue weighted by molar-refractivity contribution is 6.08. The average molecular weight is 370 g/mol. The van der Waals surface area contributed by atoms with Gasteiger partial charge in [0.1, 0.15) is 5.65 Å². The van der Waals surface area contributed by atoms with Crippen molar-refractivity contribution in [2.75, 3.05) is 38.3 Å². The third-order valence-electron chi connectivity index (χ3n) is 6.43. The fourth-order valence-corrected chi connectivity index (χ4v) is 4.70. The lowest BCUT2D eigenvalue weighted by molar-refractivity contribution is 0.0740. The summed E-state index contributed by atoms with van der Waals surface area (Å²) < 4.78 is 0. The summed E-state index contributed by atoms with van der Waals surface area (Å²) in [7, 11) is 2.22. The van der Waals surface area contributed by atoms with Gasteiger partial charge in [0.05, 0.1) is 17.9 Å². The van der Waals surface area contributed by atoms with Gasteiger partial charge in [-0.25, -0.2) is 4.98 Å². The summed E-state index contributed by atoms with van der Waals surface area (Å²) in [6.45, 7) is 8.02. The molecule has 0 unspecified atom stereocenters. The number of anilines is 1. The molecule has 0 saturated heterocycles. The Hall–Kier alpha value is -2.08. The highest BCUT2D eigenvalue weighted by Crippen LogP contribution is 2.38. The van der Waals surface area contributed by atoms with E-state index in [0.29, 0.717) is 12.7 Å². The van der Waals surface area contributed by atoms with Gasteiger partial charge in [0.2, 0.25) is 0 Å². The largest absolute Gasteiger partial charge is 0.349 e. The van der Waals surface area contributed by atoms with Crippen molar-refractivity contribution in [3.8, 4) is 0 Å². The first-order chi connectivity index (χ1) is 13.1. The summed E-state index contributed by atoms with van der Waals surface area (Å²) in [5, 5.41) is 1.07. The lowest BCUT2D eigenvalue weighted by Crippen LogP contribution is -2.51. The van der Waals surface area contributed by atoms with E-state index in [-0.39, 0.29) is 5.91 Å². The molecule has 6 nitrogen and oxygen atoms in total. The summed E-state index contributed by atoms with van der Waals surface area (Å²) >= 11 is 0. The van der Waals surface area contributed by atoms with Crippen LogP contribution in [-0.4, -0.2) is 65.1 Å². The number of nitrogens with zero attached hydrogens (tertiary/aromatic N) is 4. The van der Waals surface area contributed by atoms with Crippen LogP contribution in [0.4, 0.5) is 5.69 Å². The number of pyridine rings is 1. The van der Waals surface area contributed by atoms with Crippen molar-refractivity contribution in [1.29, 1.82) is 0 Å². The third-order valence-corrected chi connectivity index (χ3v) is 6.43. The third kappa shape index (κ3) is 3.31. The zero-order valence-electron chi connectivity index (χ0n) is 16.7. The molecule has 1 aliphatic carbocycles. The number of rotatable bonds is 5. The number of carbonyl (C=O) groups is 1. The lowest BCUT2D eigenvalue weighted by Gasteiger charge is -2.45. The van der Waals surface area contributed by atoms with Gasteiger partial charge in [-0.15, -0.1) is 0 Å². The number of fused-ring (bicyclic) bond motifs is 3. The molecule has 0 atom stereocenters. The molecule has 0 spiro atoms. The van der Waals surface area contributed by atoms with E-state index in [9.17, 15) is 4.79 Å². The lowest BCUT2D eigenvalue weighted by atomic mass is 9.84. The Balaban J connectivity index is 1.61. The summed E-state index contributed by atoms with van der Waals surface area (Å²) in [6, 6.07) is 2.56. The molecule has 1 aliphatic heterocycles. The molecule has 0 bridgehead atoms. The zero-order chi connectivity index (χ0) is 19.0. The molecule has 1 N–H and O–H groups in total. The van der Waals surface area contributed by atoms with Gasteiger partial charge in [-0.1, -0.05) is 6.92 Å². The van der Waals surface area contributed by atoms with Crippen molar-refractivity contribution in [1.82, 2.24) is 19.8 Å². The smallest absolute Gasteiger partial charge is 0.258 e. The van der Waals surface area contributed by atoms with Crippen molar-refractivity contribution in [2.24, 2.45) is 5.92 Å². The Morgan fingerprint density at radius 3 is 2.74 bits per heavy atom. The summed E-state index contributed by atoms with van der Waals surface area (Å²) in [5.74, 6) is 0.904. The molecule has 3 heterocycles. The maximum absolute atomic E-state index is 12.9. The van der Waals surface area contributed by atoms with Crippen molar-refractivity contribution < 1.29 is 4.79 Å². The first-order valence-corrected chi connectivity index (χ1v) is 10.3. The predicted octanol–water partition coefficient (Wildman–Crippen LogP) is 3.31. The van der Waals surface area contributed by atoms with Gasteiger partial charge in [-0.3, -0.25) is 4.79 Å². The maximum atomic E-state index is 12.9. The van der Waals surface area contributed by atoms with Crippen LogP contribution >= 0.6 is 0 Å². The Morgan fingerprint density at radius 1 is 1.26 bits per heavy atom. The molecule has 1 fully saturated rings. The van der Waals surface area contributed by atoms with Crippen LogP contribution in [0.3, 0.4) is 0 Å². The minimum Gasteiger partial charge on any atom is -0.349 e. The van der Waals surface area contributed by atoms with Crippen molar-refractivity contribution >= 4 is 22.6 Å². The van der Waals surface area contributed by atoms with Crippen LogP contribution in [0.2, 0.25) is 0 Å². The van der Waals surface area contributed by atoms with Gasteiger partial charge < -0.3 is 19.7 Å². The summed E-state index contributed by atoms with van der Waals surface area (Å²) in [5.41, 5.74) is 2.71. The molecule has 146 valence electrons. The number of hydrogen-bond donors (Lipinski definition) is 1. The van der Waals surface area contributed by atoms with E-state index in [4.69, 9.17) is 0 Å². The Kier molecular flexibility index (Phi) is 5.08. The van der Waals surface area contributed by atoms with Gasteiger partial charge >= 0.3 is 0 Å². The first-order valence-electron chi connectivity index (χ1n) is 10.3.